The summed E-state index contributed by atoms with van der Waals surface area (Å²) in [5.41, 5.74) is 7.65. The molecule has 0 aliphatic rings. The Morgan fingerprint density at radius 3 is 2.17 bits per heavy atom. The van der Waals surface area contributed by atoms with Gasteiger partial charge in [0.1, 0.15) is 30.2 Å². The smallest absolute Gasteiger partial charge is 0.326 e. The van der Waals surface area contributed by atoms with Crippen LogP contribution in [-0.4, -0.2) is 52.7 Å². The lowest BCUT2D eigenvalue weighted by Gasteiger charge is -2.23. The molecule has 41 heavy (non-hydrogen) atoms. The number of aromatic hydroxyl groups is 1. The summed E-state index contributed by atoms with van der Waals surface area (Å²) < 4.78 is 5.87. The summed E-state index contributed by atoms with van der Waals surface area (Å²) >= 11 is 6.19. The molecule has 6 N–H and O–H groups in total. The summed E-state index contributed by atoms with van der Waals surface area (Å²) in [6, 6.07) is 17.1. The molecule has 0 radical (unpaired) electrons. The minimum absolute atomic E-state index is 0.0176. The van der Waals surface area contributed by atoms with E-state index >= 15 is 0 Å². The highest BCUT2D eigenvalue weighted by molar-refractivity contribution is 6.31. The van der Waals surface area contributed by atoms with Gasteiger partial charge in [-0.1, -0.05) is 67.9 Å². The fourth-order valence-corrected chi connectivity index (χ4v) is 4.48. The van der Waals surface area contributed by atoms with Crippen LogP contribution in [0.4, 0.5) is 0 Å². The van der Waals surface area contributed by atoms with E-state index in [1.54, 1.807) is 36.4 Å². The predicted molar refractivity (Wildman–Crippen MR) is 157 cm³/mol. The van der Waals surface area contributed by atoms with Gasteiger partial charge in [-0.3, -0.25) is 9.59 Å². The molecular weight excluding hydrogens is 546 g/mol. The molecule has 3 aromatic rings. The van der Waals surface area contributed by atoms with Gasteiger partial charge in [0.05, 0.1) is 5.56 Å². The lowest BCUT2D eigenvalue weighted by atomic mass is 10.0. The van der Waals surface area contributed by atoms with E-state index in [0.29, 0.717) is 16.5 Å². The molecule has 0 heterocycles. The second-order valence-corrected chi connectivity index (χ2v) is 10.8. The maximum Gasteiger partial charge on any atom is 0.326 e. The number of halogens is 1. The van der Waals surface area contributed by atoms with E-state index in [9.17, 15) is 24.6 Å². The molecule has 218 valence electrons. The molecule has 0 aliphatic heterocycles. The molecule has 0 spiro atoms. The molecule has 0 saturated carbocycles. The van der Waals surface area contributed by atoms with Crippen molar-refractivity contribution in [1.29, 1.82) is 0 Å². The molecule has 0 bridgehead atoms. The Labute approximate surface area is 244 Å². The summed E-state index contributed by atoms with van der Waals surface area (Å²) in [4.78, 5) is 38.9. The van der Waals surface area contributed by atoms with Gasteiger partial charge in [-0.2, -0.15) is 0 Å². The highest BCUT2D eigenvalue weighted by atomic mass is 35.5. The normalized spacial score (nSPS) is 13.2. The fourth-order valence-electron chi connectivity index (χ4n) is 4.31. The van der Waals surface area contributed by atoms with E-state index in [1.165, 1.54) is 18.2 Å². The number of carboxylic acids is 1. The van der Waals surface area contributed by atoms with Crippen molar-refractivity contribution >= 4 is 29.4 Å². The van der Waals surface area contributed by atoms with E-state index in [2.05, 4.69) is 24.5 Å². The van der Waals surface area contributed by atoms with Gasteiger partial charge in [-0.15, -0.1) is 0 Å². The zero-order valence-corrected chi connectivity index (χ0v) is 23.8. The lowest BCUT2D eigenvalue weighted by Crippen LogP contribution is -2.53. The highest BCUT2D eigenvalue weighted by Crippen LogP contribution is 2.24. The second-order valence-electron chi connectivity index (χ2n) is 10.3. The van der Waals surface area contributed by atoms with E-state index < -0.39 is 29.9 Å². The van der Waals surface area contributed by atoms with Gasteiger partial charge < -0.3 is 31.3 Å². The number of carboxylic acid groups (broad SMARTS) is 1. The average molecular weight is 582 g/mol. The standard InChI is InChI=1S/C31H36ClN3O6/c1-19(2)14-23(33)18-41-28-13-10-22(32)17-25(28)29(37)34-26(15-20-6-4-3-5-7-20)30(38)35-27(31(39)40)16-21-8-11-24(36)12-9-21/h3-13,17,19,23,26-27,36H,14-16,18,33H2,1-2H3,(H,34,37)(H,35,38)(H,39,40)/t23-,26+,27+/m1/s1. The first kappa shape index (κ1) is 31.4. The summed E-state index contributed by atoms with van der Waals surface area (Å²) in [6.45, 7) is 4.29. The molecule has 9 nitrogen and oxygen atoms in total. The van der Waals surface area contributed by atoms with E-state index in [4.69, 9.17) is 22.1 Å². The van der Waals surface area contributed by atoms with E-state index in [-0.39, 0.29) is 42.6 Å². The van der Waals surface area contributed by atoms with Gasteiger partial charge in [-0.25, -0.2) is 4.79 Å². The Hall–Kier alpha value is -4.08. The van der Waals surface area contributed by atoms with Gasteiger partial charge in [0, 0.05) is 23.9 Å². The zero-order chi connectivity index (χ0) is 29.9. The summed E-state index contributed by atoms with van der Waals surface area (Å²) in [5, 5.41) is 24.9. The Morgan fingerprint density at radius 2 is 1.54 bits per heavy atom. The maximum absolute atomic E-state index is 13.5. The number of nitrogens with one attached hydrogen (secondary N) is 2. The number of ether oxygens (including phenoxy) is 1. The van der Waals surface area contributed by atoms with Gasteiger partial charge in [-0.05, 0) is 53.8 Å². The van der Waals surface area contributed by atoms with Crippen molar-refractivity contribution in [3.63, 3.8) is 0 Å². The Bertz CT molecular complexity index is 1320. The van der Waals surface area contributed by atoms with Crippen LogP contribution in [0.1, 0.15) is 41.8 Å². The SMILES string of the molecule is CC(C)C[C@@H](N)COc1ccc(Cl)cc1C(=O)N[C@@H](Cc1ccccc1)C(=O)N[C@@H](Cc1ccc(O)cc1)C(=O)O. The largest absolute Gasteiger partial charge is 0.508 e. The first-order chi connectivity index (χ1) is 19.5. The predicted octanol–water partition coefficient (Wildman–Crippen LogP) is 3.95. The lowest BCUT2D eigenvalue weighted by molar-refractivity contribution is -0.142. The highest BCUT2D eigenvalue weighted by Gasteiger charge is 2.28. The number of rotatable bonds is 14. The molecule has 3 aromatic carbocycles. The van der Waals surface area contributed by atoms with Crippen molar-refractivity contribution < 1.29 is 29.3 Å². The quantitative estimate of drug-likeness (QED) is 0.193. The van der Waals surface area contributed by atoms with E-state index in [0.717, 1.165) is 12.0 Å². The fraction of sp³-hybridized carbons (Fsp3) is 0.323. The molecular formula is C31H36ClN3O6. The first-order valence-corrected chi connectivity index (χ1v) is 13.7. The average Bonchev–Trinajstić information content (AvgIpc) is 2.92. The topological polar surface area (TPSA) is 151 Å². The zero-order valence-electron chi connectivity index (χ0n) is 23.0. The van der Waals surface area contributed by atoms with Crippen LogP contribution in [-0.2, 0) is 22.4 Å². The molecule has 0 aromatic heterocycles. The van der Waals surface area contributed by atoms with Crippen molar-refractivity contribution in [3.8, 4) is 11.5 Å². The number of aliphatic carboxylic acids is 1. The number of hydrogen-bond acceptors (Lipinski definition) is 6. The van der Waals surface area contributed by atoms with Crippen LogP contribution in [0.3, 0.4) is 0 Å². The van der Waals surface area contributed by atoms with Crippen LogP contribution >= 0.6 is 11.6 Å². The Kier molecular flexibility index (Phi) is 11.6. The third kappa shape index (κ3) is 10.1. The van der Waals surface area contributed by atoms with Gasteiger partial charge in [0.25, 0.3) is 5.91 Å². The first-order valence-electron chi connectivity index (χ1n) is 13.4. The summed E-state index contributed by atoms with van der Waals surface area (Å²) in [7, 11) is 0. The number of hydrogen-bond donors (Lipinski definition) is 5. The molecule has 0 saturated heterocycles. The third-order valence-corrected chi connectivity index (χ3v) is 6.54. The number of carbonyl (C=O) groups excluding carboxylic acids is 2. The van der Waals surface area contributed by atoms with Crippen molar-refractivity contribution in [2.45, 2.75) is 51.2 Å². The molecule has 3 atom stereocenters. The Balaban J connectivity index is 1.81. The van der Waals surface area contributed by atoms with E-state index in [1.807, 2.05) is 18.2 Å². The van der Waals surface area contributed by atoms with Crippen LogP contribution in [0.2, 0.25) is 5.02 Å². The van der Waals surface area contributed by atoms with Gasteiger partial charge in [0.15, 0.2) is 0 Å². The van der Waals surface area contributed by atoms with Crippen LogP contribution in [0.15, 0.2) is 72.8 Å². The molecule has 3 rings (SSSR count). The summed E-state index contributed by atoms with van der Waals surface area (Å²) in [6.07, 6.45) is 0.833. The number of nitrogens with two attached hydrogens (primary N) is 1. The molecule has 0 unspecified atom stereocenters. The molecule has 0 fully saturated rings. The van der Waals surface area contributed by atoms with Crippen LogP contribution in [0.5, 0.6) is 11.5 Å². The minimum atomic E-state index is -1.27. The molecule has 2 amide bonds. The second kappa shape index (κ2) is 15.1. The van der Waals surface area contributed by atoms with Crippen LogP contribution < -0.4 is 21.1 Å². The van der Waals surface area contributed by atoms with Crippen molar-refractivity contribution in [3.05, 3.63) is 94.5 Å². The van der Waals surface area contributed by atoms with Crippen molar-refractivity contribution in [2.24, 2.45) is 11.7 Å². The monoisotopic (exact) mass is 581 g/mol. The molecule has 10 heteroatoms. The van der Waals surface area contributed by atoms with Crippen LogP contribution in [0, 0.1) is 5.92 Å². The molecule has 0 aliphatic carbocycles. The van der Waals surface area contributed by atoms with Crippen molar-refractivity contribution in [2.75, 3.05) is 6.61 Å². The minimum Gasteiger partial charge on any atom is -0.508 e. The van der Waals surface area contributed by atoms with Crippen molar-refractivity contribution in [1.82, 2.24) is 10.6 Å². The number of amides is 2. The number of phenolic OH excluding ortho intramolecular Hbond substituents is 1. The third-order valence-electron chi connectivity index (χ3n) is 6.31. The Morgan fingerprint density at radius 1 is 0.902 bits per heavy atom. The maximum atomic E-state index is 13.5. The summed E-state index contributed by atoms with van der Waals surface area (Å²) in [5.74, 6) is -1.83. The van der Waals surface area contributed by atoms with Gasteiger partial charge in [0.2, 0.25) is 5.91 Å². The number of carbonyl (C=O) groups is 3. The van der Waals surface area contributed by atoms with Gasteiger partial charge >= 0.3 is 5.97 Å². The number of phenols is 1. The number of benzene rings is 3. The van der Waals surface area contributed by atoms with Crippen LogP contribution in [0.25, 0.3) is 0 Å².